The van der Waals surface area contributed by atoms with Crippen LogP contribution in [0.25, 0.3) is 0 Å². The van der Waals surface area contributed by atoms with Crippen LogP contribution < -0.4 is 9.47 Å². The maximum absolute atomic E-state index is 12.5. The highest BCUT2D eigenvalue weighted by atomic mass is 35.5. The van der Waals surface area contributed by atoms with E-state index in [1.54, 1.807) is 26.2 Å². The first-order valence-corrected chi connectivity index (χ1v) is 10.1. The molecule has 2 heterocycles. The summed E-state index contributed by atoms with van der Waals surface area (Å²) in [5.74, 6) is 1.15. The maximum atomic E-state index is 12.5. The van der Waals surface area contributed by atoms with Gasteiger partial charge < -0.3 is 19.5 Å². The third-order valence-corrected chi connectivity index (χ3v) is 6.64. The quantitative estimate of drug-likeness (QED) is 0.849. The fourth-order valence-corrected chi connectivity index (χ4v) is 4.90. The molecule has 1 amide bonds. The van der Waals surface area contributed by atoms with E-state index >= 15 is 0 Å². The van der Waals surface area contributed by atoms with Crippen LogP contribution >= 0.6 is 11.6 Å². The third-order valence-electron chi connectivity index (χ3n) is 6.35. The SMILES string of the molecule is COc1ccc(Cl)c(OC2CCC3(CC2)CN(C(=O)[C@H]2C[C@@](C)(O)C2)C3)n1. The van der Waals surface area contributed by atoms with E-state index in [9.17, 15) is 9.90 Å². The standard InChI is InChI=1S/C20H27ClN2O4/c1-19(25)9-13(10-19)18(24)23-11-20(12-23)7-5-14(6-8-20)27-17-15(21)3-4-16(22-17)26-2/h3-4,13-14,25H,5-12H2,1-2H3/t13-,19+. The van der Waals surface area contributed by atoms with Crippen LogP contribution in [0.4, 0.5) is 0 Å². The Morgan fingerprint density at radius 2 is 1.96 bits per heavy atom. The summed E-state index contributed by atoms with van der Waals surface area (Å²) in [4.78, 5) is 18.7. The highest BCUT2D eigenvalue weighted by Crippen LogP contribution is 2.47. The summed E-state index contributed by atoms with van der Waals surface area (Å²) < 4.78 is 11.2. The van der Waals surface area contributed by atoms with E-state index in [4.69, 9.17) is 21.1 Å². The van der Waals surface area contributed by atoms with Gasteiger partial charge in [0.15, 0.2) is 0 Å². The Hall–Kier alpha value is -1.53. The Kier molecular flexibility index (Phi) is 4.75. The van der Waals surface area contributed by atoms with Crippen LogP contribution in [0.3, 0.4) is 0 Å². The van der Waals surface area contributed by atoms with Gasteiger partial charge in [-0.2, -0.15) is 4.98 Å². The molecule has 0 bridgehead atoms. The van der Waals surface area contributed by atoms with Gasteiger partial charge in [0.2, 0.25) is 17.7 Å². The summed E-state index contributed by atoms with van der Waals surface area (Å²) in [6, 6.07) is 3.45. The fraction of sp³-hybridized carbons (Fsp3) is 0.700. The summed E-state index contributed by atoms with van der Waals surface area (Å²) in [6.45, 7) is 3.49. The van der Waals surface area contributed by atoms with Crippen molar-refractivity contribution in [3.63, 3.8) is 0 Å². The van der Waals surface area contributed by atoms with Crippen LogP contribution in [0.1, 0.15) is 45.4 Å². The number of rotatable bonds is 4. The van der Waals surface area contributed by atoms with E-state index in [0.29, 0.717) is 29.6 Å². The molecule has 27 heavy (non-hydrogen) atoms. The molecule has 0 unspecified atom stereocenters. The monoisotopic (exact) mass is 394 g/mol. The first-order chi connectivity index (χ1) is 12.8. The predicted octanol–water partition coefficient (Wildman–Crippen LogP) is 3.05. The van der Waals surface area contributed by atoms with Crippen LogP contribution in [-0.4, -0.2) is 52.8 Å². The zero-order valence-electron chi connectivity index (χ0n) is 15.9. The molecule has 1 aromatic heterocycles. The summed E-state index contributed by atoms with van der Waals surface area (Å²) >= 11 is 6.18. The van der Waals surface area contributed by atoms with Crippen molar-refractivity contribution in [2.45, 2.75) is 57.2 Å². The fourth-order valence-electron chi connectivity index (χ4n) is 4.75. The van der Waals surface area contributed by atoms with Gasteiger partial charge >= 0.3 is 0 Å². The van der Waals surface area contributed by atoms with Gasteiger partial charge in [-0.05, 0) is 51.5 Å². The molecule has 2 aliphatic carbocycles. The molecule has 4 rings (SSSR count). The van der Waals surface area contributed by atoms with Gasteiger partial charge in [-0.3, -0.25) is 4.79 Å². The number of nitrogens with zero attached hydrogens (tertiary/aromatic N) is 2. The molecule has 1 N–H and O–H groups in total. The van der Waals surface area contributed by atoms with Crippen molar-refractivity contribution in [3.05, 3.63) is 17.2 Å². The lowest BCUT2D eigenvalue weighted by atomic mass is 9.66. The lowest BCUT2D eigenvalue weighted by Gasteiger charge is -2.55. The number of amides is 1. The molecule has 1 saturated heterocycles. The molecular formula is C20H27ClN2O4. The number of hydrogen-bond donors (Lipinski definition) is 1. The summed E-state index contributed by atoms with van der Waals surface area (Å²) in [5, 5.41) is 10.3. The summed E-state index contributed by atoms with van der Waals surface area (Å²) in [5.41, 5.74) is -0.402. The van der Waals surface area contributed by atoms with Gasteiger partial charge in [0.1, 0.15) is 11.1 Å². The molecule has 7 heteroatoms. The Labute approximate surface area is 164 Å². The lowest BCUT2D eigenvalue weighted by molar-refractivity contribution is -0.164. The van der Waals surface area contributed by atoms with E-state index < -0.39 is 5.60 Å². The molecule has 0 atom stereocenters. The van der Waals surface area contributed by atoms with Crippen molar-refractivity contribution in [3.8, 4) is 11.8 Å². The molecule has 3 fully saturated rings. The average molecular weight is 395 g/mol. The van der Waals surface area contributed by atoms with Crippen LogP contribution in [0.15, 0.2) is 12.1 Å². The number of hydrogen-bond acceptors (Lipinski definition) is 5. The Balaban J connectivity index is 1.26. The average Bonchev–Trinajstić information content (AvgIpc) is 2.59. The third kappa shape index (κ3) is 3.74. The van der Waals surface area contributed by atoms with Gasteiger partial charge in [-0.25, -0.2) is 0 Å². The maximum Gasteiger partial charge on any atom is 0.236 e. The molecule has 0 radical (unpaired) electrons. The van der Waals surface area contributed by atoms with Crippen molar-refractivity contribution < 1.29 is 19.4 Å². The highest BCUT2D eigenvalue weighted by molar-refractivity contribution is 6.31. The number of aliphatic hydroxyl groups is 1. The zero-order valence-corrected chi connectivity index (χ0v) is 16.7. The van der Waals surface area contributed by atoms with Crippen molar-refractivity contribution in [1.82, 2.24) is 9.88 Å². The number of ether oxygens (including phenoxy) is 2. The zero-order chi connectivity index (χ0) is 19.2. The minimum absolute atomic E-state index is 0.0123. The summed E-state index contributed by atoms with van der Waals surface area (Å²) in [7, 11) is 1.57. The smallest absolute Gasteiger partial charge is 0.236 e. The largest absolute Gasteiger partial charge is 0.481 e. The van der Waals surface area contributed by atoms with Gasteiger partial charge in [-0.15, -0.1) is 0 Å². The number of methoxy groups -OCH3 is 1. The molecule has 148 valence electrons. The predicted molar refractivity (Wildman–Crippen MR) is 101 cm³/mol. The topological polar surface area (TPSA) is 71.9 Å². The van der Waals surface area contributed by atoms with Gasteiger partial charge in [0.05, 0.1) is 12.7 Å². The van der Waals surface area contributed by atoms with Gasteiger partial charge in [0.25, 0.3) is 0 Å². The Bertz CT molecular complexity index is 715. The van der Waals surface area contributed by atoms with Crippen molar-refractivity contribution in [2.24, 2.45) is 11.3 Å². The van der Waals surface area contributed by atoms with Crippen molar-refractivity contribution in [2.75, 3.05) is 20.2 Å². The molecule has 6 nitrogen and oxygen atoms in total. The number of halogens is 1. The van der Waals surface area contributed by atoms with Crippen LogP contribution in [0.5, 0.6) is 11.8 Å². The minimum Gasteiger partial charge on any atom is -0.481 e. The van der Waals surface area contributed by atoms with Crippen molar-refractivity contribution >= 4 is 17.5 Å². The molecule has 1 aromatic rings. The summed E-state index contributed by atoms with van der Waals surface area (Å²) in [6.07, 6.45) is 5.26. The number of carbonyl (C=O) groups is 1. The second kappa shape index (κ2) is 6.82. The Morgan fingerprint density at radius 3 is 2.56 bits per heavy atom. The van der Waals surface area contributed by atoms with Gasteiger partial charge in [0, 0.05) is 30.5 Å². The van der Waals surface area contributed by atoms with Crippen LogP contribution in [-0.2, 0) is 4.79 Å². The van der Waals surface area contributed by atoms with E-state index in [-0.39, 0.29) is 23.3 Å². The van der Waals surface area contributed by atoms with E-state index in [1.807, 2.05) is 4.90 Å². The van der Waals surface area contributed by atoms with Gasteiger partial charge in [-0.1, -0.05) is 11.6 Å². The molecule has 2 saturated carbocycles. The first-order valence-electron chi connectivity index (χ1n) is 9.68. The molecule has 0 aromatic carbocycles. The normalized spacial score (nSPS) is 29.8. The highest BCUT2D eigenvalue weighted by Gasteiger charge is 2.51. The van der Waals surface area contributed by atoms with E-state index in [0.717, 1.165) is 38.8 Å². The lowest BCUT2D eigenvalue weighted by Crippen LogP contribution is -2.63. The van der Waals surface area contributed by atoms with E-state index in [1.165, 1.54) is 0 Å². The van der Waals surface area contributed by atoms with E-state index in [2.05, 4.69) is 4.98 Å². The molecule has 3 aliphatic rings. The first kappa shape index (κ1) is 18.8. The number of likely N-dealkylation sites (tertiary alicyclic amines) is 1. The number of pyridine rings is 1. The van der Waals surface area contributed by atoms with Crippen LogP contribution in [0.2, 0.25) is 5.02 Å². The molecule has 1 aliphatic heterocycles. The van der Waals surface area contributed by atoms with Crippen LogP contribution in [0, 0.1) is 11.3 Å². The second-order valence-electron chi connectivity index (χ2n) is 8.75. The Morgan fingerprint density at radius 1 is 1.30 bits per heavy atom. The number of carbonyl (C=O) groups excluding carboxylic acids is 1. The minimum atomic E-state index is -0.645. The second-order valence-corrected chi connectivity index (χ2v) is 9.16. The number of aromatic nitrogens is 1. The molecule has 1 spiro atoms. The van der Waals surface area contributed by atoms with Crippen molar-refractivity contribution in [1.29, 1.82) is 0 Å². The molecular weight excluding hydrogens is 368 g/mol.